The van der Waals surface area contributed by atoms with Gasteiger partial charge in [-0.3, -0.25) is 0 Å². The predicted molar refractivity (Wildman–Crippen MR) is 93.9 cm³/mol. The number of anilines is 2. The zero-order chi connectivity index (χ0) is 18.9. The van der Waals surface area contributed by atoms with Crippen LogP contribution < -0.4 is 9.80 Å². The summed E-state index contributed by atoms with van der Waals surface area (Å²) in [6, 6.07) is 4.06. The van der Waals surface area contributed by atoms with E-state index in [0.717, 1.165) is 37.7 Å². The van der Waals surface area contributed by atoms with E-state index >= 15 is 0 Å². The molecule has 2 heterocycles. The zero-order valence-electron chi connectivity index (χ0n) is 14.8. The van der Waals surface area contributed by atoms with Crippen molar-refractivity contribution in [1.29, 1.82) is 0 Å². The van der Waals surface area contributed by atoms with Crippen molar-refractivity contribution in [2.45, 2.75) is 37.9 Å². The van der Waals surface area contributed by atoms with E-state index in [-0.39, 0.29) is 6.04 Å². The SMILES string of the molecule is CN(c1ccc(C(F)(F)F)cc1N1CCCC1)C1CCN(C(=O)O)CC1. The first-order valence-corrected chi connectivity index (χ1v) is 8.94. The van der Waals surface area contributed by atoms with Gasteiger partial charge in [0, 0.05) is 39.3 Å². The lowest BCUT2D eigenvalue weighted by atomic mass is 10.0. The highest BCUT2D eigenvalue weighted by Gasteiger charge is 2.33. The van der Waals surface area contributed by atoms with Gasteiger partial charge in [-0.25, -0.2) is 4.79 Å². The number of carboxylic acid groups (broad SMARTS) is 1. The molecule has 0 saturated carbocycles. The third kappa shape index (κ3) is 3.83. The number of benzene rings is 1. The van der Waals surface area contributed by atoms with Crippen molar-refractivity contribution >= 4 is 17.5 Å². The number of likely N-dealkylation sites (tertiary alicyclic amines) is 1. The molecule has 0 bridgehead atoms. The molecule has 0 radical (unpaired) electrons. The van der Waals surface area contributed by atoms with Crippen LogP contribution in [0, 0.1) is 0 Å². The van der Waals surface area contributed by atoms with E-state index in [2.05, 4.69) is 0 Å². The molecule has 0 unspecified atom stereocenters. The van der Waals surface area contributed by atoms with Gasteiger partial charge in [-0.15, -0.1) is 0 Å². The van der Waals surface area contributed by atoms with E-state index in [1.807, 2.05) is 16.8 Å². The monoisotopic (exact) mass is 371 g/mol. The standard InChI is InChI=1S/C18H24F3N3O2/c1-22(14-6-10-24(11-7-14)17(25)26)15-5-4-13(18(19,20)21)12-16(15)23-8-2-3-9-23/h4-5,12,14H,2-3,6-11H2,1H3,(H,25,26). The van der Waals surface area contributed by atoms with Gasteiger partial charge >= 0.3 is 12.3 Å². The van der Waals surface area contributed by atoms with Crippen molar-refractivity contribution in [2.75, 3.05) is 43.0 Å². The van der Waals surface area contributed by atoms with Crippen LogP contribution in [0.4, 0.5) is 29.3 Å². The molecular weight excluding hydrogens is 347 g/mol. The van der Waals surface area contributed by atoms with Crippen LogP contribution in [0.5, 0.6) is 0 Å². The van der Waals surface area contributed by atoms with Crippen LogP contribution >= 0.6 is 0 Å². The first-order chi connectivity index (χ1) is 12.3. The molecule has 144 valence electrons. The molecule has 26 heavy (non-hydrogen) atoms. The third-order valence-corrected chi connectivity index (χ3v) is 5.41. The maximum atomic E-state index is 13.2. The van der Waals surface area contributed by atoms with Crippen molar-refractivity contribution in [1.82, 2.24) is 4.90 Å². The van der Waals surface area contributed by atoms with Crippen LogP contribution in [-0.4, -0.2) is 55.4 Å². The number of amides is 1. The van der Waals surface area contributed by atoms with E-state index in [0.29, 0.717) is 31.6 Å². The summed E-state index contributed by atoms with van der Waals surface area (Å²) in [7, 11) is 1.89. The third-order valence-electron chi connectivity index (χ3n) is 5.41. The lowest BCUT2D eigenvalue weighted by molar-refractivity contribution is -0.137. The molecule has 8 heteroatoms. The van der Waals surface area contributed by atoms with Gasteiger partial charge in [-0.1, -0.05) is 0 Å². The number of nitrogens with zero attached hydrogens (tertiary/aromatic N) is 3. The molecule has 1 N–H and O–H groups in total. The van der Waals surface area contributed by atoms with Crippen LogP contribution in [0.15, 0.2) is 18.2 Å². The fourth-order valence-electron chi connectivity index (χ4n) is 3.85. The zero-order valence-corrected chi connectivity index (χ0v) is 14.8. The number of alkyl halides is 3. The molecule has 1 amide bonds. The quantitative estimate of drug-likeness (QED) is 0.876. The second-order valence-electron chi connectivity index (χ2n) is 7.01. The van der Waals surface area contributed by atoms with E-state index in [4.69, 9.17) is 5.11 Å². The molecule has 0 atom stereocenters. The van der Waals surface area contributed by atoms with Crippen LogP contribution in [0.25, 0.3) is 0 Å². The minimum Gasteiger partial charge on any atom is -0.465 e. The number of hydrogen-bond acceptors (Lipinski definition) is 3. The molecule has 2 aliphatic heterocycles. The summed E-state index contributed by atoms with van der Waals surface area (Å²) in [5.41, 5.74) is 0.784. The van der Waals surface area contributed by atoms with Gasteiger partial charge < -0.3 is 19.8 Å². The van der Waals surface area contributed by atoms with Crippen LogP contribution in [-0.2, 0) is 6.18 Å². The summed E-state index contributed by atoms with van der Waals surface area (Å²) in [6.07, 6.45) is -1.98. The largest absolute Gasteiger partial charge is 0.465 e. The Kier molecular flexibility index (Phi) is 5.20. The summed E-state index contributed by atoms with van der Waals surface area (Å²) in [5, 5.41) is 9.07. The maximum absolute atomic E-state index is 13.2. The molecule has 3 rings (SSSR count). The molecule has 2 aliphatic rings. The van der Waals surface area contributed by atoms with Gasteiger partial charge in [-0.05, 0) is 43.9 Å². The van der Waals surface area contributed by atoms with Crippen molar-refractivity contribution in [3.05, 3.63) is 23.8 Å². The van der Waals surface area contributed by atoms with E-state index in [1.54, 1.807) is 6.07 Å². The van der Waals surface area contributed by atoms with Crippen LogP contribution in [0.3, 0.4) is 0 Å². The molecule has 1 aromatic carbocycles. The summed E-state index contributed by atoms with van der Waals surface area (Å²) in [6.45, 7) is 2.42. The summed E-state index contributed by atoms with van der Waals surface area (Å²) >= 11 is 0. The lowest BCUT2D eigenvalue weighted by Crippen LogP contribution is -2.45. The molecule has 2 fully saturated rings. The number of halogens is 3. The maximum Gasteiger partial charge on any atom is 0.416 e. The minimum atomic E-state index is -4.36. The summed E-state index contributed by atoms with van der Waals surface area (Å²) in [5.74, 6) is 0. The fraction of sp³-hybridized carbons (Fsp3) is 0.611. The molecule has 0 spiro atoms. The Morgan fingerprint density at radius 2 is 1.77 bits per heavy atom. The molecule has 5 nitrogen and oxygen atoms in total. The Morgan fingerprint density at radius 3 is 2.31 bits per heavy atom. The van der Waals surface area contributed by atoms with Gasteiger partial charge in [-0.2, -0.15) is 13.2 Å². The van der Waals surface area contributed by atoms with Gasteiger partial charge in [0.25, 0.3) is 0 Å². The van der Waals surface area contributed by atoms with Crippen molar-refractivity contribution in [2.24, 2.45) is 0 Å². The lowest BCUT2D eigenvalue weighted by Gasteiger charge is -2.38. The average molecular weight is 371 g/mol. The highest BCUT2D eigenvalue weighted by Crippen LogP contribution is 2.39. The smallest absolute Gasteiger partial charge is 0.416 e. The molecule has 2 saturated heterocycles. The predicted octanol–water partition coefficient (Wildman–Crippen LogP) is 3.88. The molecule has 0 aliphatic carbocycles. The Bertz CT molecular complexity index is 652. The molecule has 1 aromatic rings. The Labute approximate surface area is 151 Å². The number of piperidine rings is 1. The minimum absolute atomic E-state index is 0.115. The highest BCUT2D eigenvalue weighted by atomic mass is 19.4. The normalized spacial score (nSPS) is 19.1. The van der Waals surface area contributed by atoms with Crippen LogP contribution in [0.1, 0.15) is 31.2 Å². The van der Waals surface area contributed by atoms with Crippen LogP contribution in [0.2, 0.25) is 0 Å². The molecular formula is C18H24F3N3O2. The van der Waals surface area contributed by atoms with E-state index < -0.39 is 17.8 Å². The van der Waals surface area contributed by atoms with Crippen molar-refractivity contribution in [3.8, 4) is 0 Å². The number of hydrogen-bond donors (Lipinski definition) is 1. The van der Waals surface area contributed by atoms with Gasteiger partial charge in [0.2, 0.25) is 0 Å². The molecule has 0 aromatic heterocycles. The summed E-state index contributed by atoms with van der Waals surface area (Å²) < 4.78 is 39.5. The van der Waals surface area contributed by atoms with E-state index in [1.165, 1.54) is 11.0 Å². The van der Waals surface area contributed by atoms with Crippen molar-refractivity contribution < 1.29 is 23.1 Å². The average Bonchev–Trinajstić information content (AvgIpc) is 3.14. The van der Waals surface area contributed by atoms with E-state index in [9.17, 15) is 18.0 Å². The topological polar surface area (TPSA) is 47.0 Å². The van der Waals surface area contributed by atoms with Gasteiger partial charge in [0.15, 0.2) is 0 Å². The van der Waals surface area contributed by atoms with Gasteiger partial charge in [0.05, 0.1) is 16.9 Å². The summed E-state index contributed by atoms with van der Waals surface area (Å²) in [4.78, 5) is 16.5. The number of carbonyl (C=O) groups is 1. The second kappa shape index (κ2) is 7.25. The Hall–Kier alpha value is -2.12. The Morgan fingerprint density at radius 1 is 1.15 bits per heavy atom. The van der Waals surface area contributed by atoms with Crippen molar-refractivity contribution in [3.63, 3.8) is 0 Å². The first kappa shape index (κ1) is 18.7. The van der Waals surface area contributed by atoms with Gasteiger partial charge in [0.1, 0.15) is 0 Å². The Balaban J connectivity index is 1.85. The highest BCUT2D eigenvalue weighted by molar-refractivity contribution is 5.73. The second-order valence-corrected chi connectivity index (χ2v) is 7.01. The fourth-order valence-corrected chi connectivity index (χ4v) is 3.85. The first-order valence-electron chi connectivity index (χ1n) is 8.94. The number of rotatable bonds is 3.